The third kappa shape index (κ3) is 2.22. The average molecular weight is 374 g/mol. The average Bonchev–Trinajstić information content (AvgIpc) is 2.99. The van der Waals surface area contributed by atoms with Gasteiger partial charge in [0.1, 0.15) is 0 Å². The number of hydrogen-bond acceptors (Lipinski definition) is 2. The van der Waals surface area contributed by atoms with Gasteiger partial charge in [0.05, 0.1) is 11.0 Å². The van der Waals surface area contributed by atoms with Crippen LogP contribution in [0.5, 0.6) is 0 Å². The summed E-state index contributed by atoms with van der Waals surface area (Å²) < 4.78 is 26.7. The van der Waals surface area contributed by atoms with Crippen molar-refractivity contribution in [3.05, 3.63) is 33.8 Å². The molecule has 1 aliphatic heterocycles. The number of hydrogen-bond donors (Lipinski definition) is 1. The van der Waals surface area contributed by atoms with Crippen LogP contribution in [0.3, 0.4) is 0 Å². The minimum Gasteiger partial charge on any atom is -0.481 e. The number of amides is 1. The molecule has 2 aliphatic rings. The highest BCUT2D eigenvalue weighted by Crippen LogP contribution is 2.49. The van der Waals surface area contributed by atoms with Gasteiger partial charge in [0, 0.05) is 17.6 Å². The summed E-state index contributed by atoms with van der Waals surface area (Å²) >= 11 is 3.06. The predicted molar refractivity (Wildman–Crippen MR) is 77.4 cm³/mol. The molecule has 1 amide bonds. The van der Waals surface area contributed by atoms with Crippen LogP contribution in [0.2, 0.25) is 0 Å². The molecule has 0 bridgehead atoms. The van der Waals surface area contributed by atoms with Crippen molar-refractivity contribution in [3.8, 4) is 0 Å². The normalized spacial score (nSPS) is 27.0. The van der Waals surface area contributed by atoms with Gasteiger partial charge in [-0.3, -0.25) is 9.59 Å². The third-order valence-corrected chi connectivity index (χ3v) is 5.48. The van der Waals surface area contributed by atoms with E-state index in [4.69, 9.17) is 0 Å². The smallest absolute Gasteiger partial charge is 0.311 e. The molecule has 1 aromatic carbocycles. The zero-order chi connectivity index (χ0) is 16.1. The van der Waals surface area contributed by atoms with Gasteiger partial charge in [-0.2, -0.15) is 0 Å². The maximum Gasteiger partial charge on any atom is 0.311 e. The molecule has 0 spiro atoms. The van der Waals surface area contributed by atoms with Gasteiger partial charge in [0.25, 0.3) is 5.91 Å². The van der Waals surface area contributed by atoms with Gasteiger partial charge < -0.3 is 10.0 Å². The van der Waals surface area contributed by atoms with E-state index in [9.17, 15) is 23.5 Å². The number of fused-ring (bicyclic) bond motifs is 1. The number of benzene rings is 1. The van der Waals surface area contributed by atoms with Gasteiger partial charge in [0.2, 0.25) is 0 Å². The molecule has 0 aromatic heterocycles. The van der Waals surface area contributed by atoms with Crippen molar-refractivity contribution in [3.63, 3.8) is 0 Å². The topological polar surface area (TPSA) is 57.6 Å². The van der Waals surface area contributed by atoms with Crippen LogP contribution in [0.1, 0.15) is 29.6 Å². The van der Waals surface area contributed by atoms with Crippen LogP contribution in [0, 0.1) is 23.0 Å². The van der Waals surface area contributed by atoms with Gasteiger partial charge in [-0.25, -0.2) is 8.78 Å². The minimum atomic E-state index is -1.10. The molecule has 0 radical (unpaired) electrons. The molecule has 1 aromatic rings. The van der Waals surface area contributed by atoms with E-state index < -0.39 is 28.9 Å². The van der Waals surface area contributed by atoms with Crippen LogP contribution in [-0.4, -0.2) is 35.0 Å². The lowest BCUT2D eigenvalue weighted by Gasteiger charge is -2.23. The lowest BCUT2D eigenvalue weighted by molar-refractivity contribution is -0.149. The van der Waals surface area contributed by atoms with Gasteiger partial charge in [0.15, 0.2) is 11.6 Å². The Hall–Kier alpha value is -1.50. The van der Waals surface area contributed by atoms with E-state index in [2.05, 4.69) is 15.9 Å². The molecule has 1 saturated carbocycles. The first kappa shape index (κ1) is 15.4. The lowest BCUT2D eigenvalue weighted by Crippen LogP contribution is -2.37. The van der Waals surface area contributed by atoms with Crippen LogP contribution >= 0.6 is 15.9 Å². The maximum atomic E-state index is 13.4. The molecule has 3 rings (SSSR count). The largest absolute Gasteiger partial charge is 0.481 e. The van der Waals surface area contributed by atoms with Gasteiger partial charge in [-0.1, -0.05) is 6.42 Å². The summed E-state index contributed by atoms with van der Waals surface area (Å²) in [4.78, 5) is 25.6. The van der Waals surface area contributed by atoms with E-state index in [1.165, 1.54) is 4.90 Å². The highest BCUT2D eigenvalue weighted by atomic mass is 79.9. The van der Waals surface area contributed by atoms with Crippen LogP contribution in [0.25, 0.3) is 0 Å². The second kappa shape index (κ2) is 5.30. The van der Waals surface area contributed by atoms with Gasteiger partial charge in [-0.15, -0.1) is 0 Å². The molecule has 1 N–H and O–H groups in total. The van der Waals surface area contributed by atoms with Gasteiger partial charge >= 0.3 is 5.97 Å². The number of carbonyl (C=O) groups excluding carboxylic acids is 1. The van der Waals surface area contributed by atoms with Crippen molar-refractivity contribution in [2.75, 3.05) is 13.1 Å². The molecule has 2 fully saturated rings. The standard InChI is InChI=1S/C15H14BrF2NO3/c16-10-5-12(18)11(17)4-9(10)13(20)19-6-8-2-1-3-15(8,7-19)14(21)22/h4-5,8H,1-3,6-7H2,(H,21,22)/t8-,15+/m0/s1. The molecule has 2 atom stereocenters. The van der Waals surface area contributed by atoms with Crippen LogP contribution < -0.4 is 0 Å². The van der Waals surface area contributed by atoms with Crippen molar-refractivity contribution in [2.45, 2.75) is 19.3 Å². The lowest BCUT2D eigenvalue weighted by atomic mass is 9.81. The van der Waals surface area contributed by atoms with E-state index >= 15 is 0 Å². The first-order valence-corrected chi connectivity index (χ1v) is 7.81. The molecule has 1 heterocycles. The Labute approximate surface area is 134 Å². The quantitative estimate of drug-likeness (QED) is 0.810. The summed E-state index contributed by atoms with van der Waals surface area (Å²) in [5.41, 5.74) is -0.875. The number of nitrogens with zero attached hydrogens (tertiary/aromatic N) is 1. The Morgan fingerprint density at radius 2 is 2.00 bits per heavy atom. The van der Waals surface area contributed by atoms with E-state index in [1.807, 2.05) is 0 Å². The Morgan fingerprint density at radius 3 is 2.64 bits per heavy atom. The molecule has 1 aliphatic carbocycles. The van der Waals surface area contributed by atoms with Crippen LogP contribution in [-0.2, 0) is 4.79 Å². The third-order valence-electron chi connectivity index (χ3n) is 4.82. The minimum absolute atomic E-state index is 0.0133. The first-order valence-electron chi connectivity index (χ1n) is 7.02. The van der Waals surface area contributed by atoms with Crippen molar-refractivity contribution in [2.24, 2.45) is 11.3 Å². The SMILES string of the molecule is O=C(c1cc(F)c(F)cc1Br)N1C[C@@H]2CCC[C@@]2(C(=O)O)C1. The number of likely N-dealkylation sites (tertiary alicyclic amines) is 1. The Balaban J connectivity index is 1.89. The molecule has 0 unspecified atom stereocenters. The molecular formula is C15H14BrF2NO3. The zero-order valence-electron chi connectivity index (χ0n) is 11.6. The predicted octanol–water partition coefficient (Wildman–Crippen LogP) is 3.05. The van der Waals surface area contributed by atoms with E-state index in [-0.39, 0.29) is 22.5 Å². The number of rotatable bonds is 2. The Kier molecular flexibility index (Phi) is 3.71. The van der Waals surface area contributed by atoms with Crippen molar-refractivity contribution in [1.29, 1.82) is 0 Å². The Morgan fingerprint density at radius 1 is 1.32 bits per heavy atom. The summed E-state index contributed by atoms with van der Waals surface area (Å²) in [6.45, 7) is 0.466. The summed E-state index contributed by atoms with van der Waals surface area (Å²) in [5.74, 6) is -3.56. The highest BCUT2D eigenvalue weighted by molar-refractivity contribution is 9.10. The molecule has 1 saturated heterocycles. The number of carboxylic acid groups (broad SMARTS) is 1. The number of carbonyl (C=O) groups is 2. The summed E-state index contributed by atoms with van der Waals surface area (Å²) in [5, 5.41) is 9.52. The Bertz CT molecular complexity index is 666. The van der Waals surface area contributed by atoms with Gasteiger partial charge in [-0.05, 0) is 46.8 Å². The second-order valence-corrected chi connectivity index (χ2v) is 6.84. The molecule has 118 valence electrons. The fourth-order valence-electron chi connectivity index (χ4n) is 3.65. The fourth-order valence-corrected chi connectivity index (χ4v) is 4.14. The molecule has 4 nitrogen and oxygen atoms in total. The number of aliphatic carboxylic acids is 1. The zero-order valence-corrected chi connectivity index (χ0v) is 13.2. The molecule has 22 heavy (non-hydrogen) atoms. The van der Waals surface area contributed by atoms with E-state index in [0.29, 0.717) is 13.0 Å². The fraction of sp³-hybridized carbons (Fsp3) is 0.467. The second-order valence-electron chi connectivity index (χ2n) is 5.98. The van der Waals surface area contributed by atoms with E-state index in [1.54, 1.807) is 0 Å². The summed E-state index contributed by atoms with van der Waals surface area (Å²) in [6.07, 6.45) is 2.17. The van der Waals surface area contributed by atoms with Crippen LogP contribution in [0.4, 0.5) is 8.78 Å². The van der Waals surface area contributed by atoms with Crippen LogP contribution in [0.15, 0.2) is 16.6 Å². The monoisotopic (exact) mass is 373 g/mol. The number of carboxylic acids is 1. The highest BCUT2D eigenvalue weighted by Gasteiger charge is 2.55. The van der Waals surface area contributed by atoms with Crippen molar-refractivity contribution in [1.82, 2.24) is 4.90 Å². The molecule has 7 heteroatoms. The first-order chi connectivity index (χ1) is 10.3. The number of halogens is 3. The van der Waals surface area contributed by atoms with E-state index in [0.717, 1.165) is 25.0 Å². The molecular weight excluding hydrogens is 360 g/mol. The summed E-state index contributed by atoms with van der Waals surface area (Å²) in [7, 11) is 0. The summed E-state index contributed by atoms with van der Waals surface area (Å²) in [6, 6.07) is 1.76. The van der Waals surface area contributed by atoms with Crippen molar-refractivity contribution >= 4 is 27.8 Å². The van der Waals surface area contributed by atoms with Crippen molar-refractivity contribution < 1.29 is 23.5 Å². The maximum absolute atomic E-state index is 13.4.